The molecular weight excluding hydrogens is 607 g/mol. The fourth-order valence-corrected chi connectivity index (χ4v) is 14.8. The summed E-state index contributed by atoms with van der Waals surface area (Å²) in [6.07, 6.45) is 32.4. The van der Waals surface area contributed by atoms with Crippen molar-refractivity contribution in [1.29, 1.82) is 0 Å². The SMILES string of the molecule is CC1CCC2(CC1)CC(C)(C)CC(C)(CCC1CCC3(CCCC(C4C(C)CC5CC4CC(C)(CI)C5)C3)CC1)C2. The minimum atomic E-state index is 0.546. The highest BCUT2D eigenvalue weighted by molar-refractivity contribution is 14.1. The van der Waals surface area contributed by atoms with Gasteiger partial charge < -0.3 is 0 Å². The second-order valence-electron chi connectivity index (χ2n) is 20.0. The van der Waals surface area contributed by atoms with Crippen LogP contribution in [0.2, 0.25) is 0 Å². The summed E-state index contributed by atoms with van der Waals surface area (Å²) in [6.45, 7) is 15.8. The first kappa shape index (κ1) is 31.7. The number of hydrogen-bond acceptors (Lipinski definition) is 0. The predicted octanol–water partition coefficient (Wildman–Crippen LogP) is 13.1. The zero-order valence-corrected chi connectivity index (χ0v) is 30.6. The molecule has 0 saturated heterocycles. The molecule has 6 rings (SSSR count). The molecule has 0 aromatic heterocycles. The molecule has 2 bridgehead atoms. The Kier molecular flexibility index (Phi) is 9.14. The van der Waals surface area contributed by atoms with Crippen molar-refractivity contribution in [3.05, 3.63) is 0 Å². The Morgan fingerprint density at radius 1 is 0.659 bits per heavy atom. The standard InChI is InChI=1S/C40H69I/c1-29-9-16-40(17-10-29)26-36(3,4)25-37(5,27-40)15-11-31-12-18-39(19-13-31)14-7-8-33(24-39)35-30(2)20-32-21-34(35)23-38(6,22-32)28-41/h29-35H,7-28H2,1-6H3. The smallest absolute Gasteiger partial charge is 0.00495 e. The molecule has 0 aliphatic heterocycles. The van der Waals surface area contributed by atoms with Crippen LogP contribution < -0.4 is 0 Å². The van der Waals surface area contributed by atoms with Gasteiger partial charge in [0.05, 0.1) is 0 Å². The van der Waals surface area contributed by atoms with Crippen LogP contribution in [0.3, 0.4) is 0 Å². The van der Waals surface area contributed by atoms with Crippen LogP contribution >= 0.6 is 22.6 Å². The summed E-state index contributed by atoms with van der Waals surface area (Å²) < 4.78 is 1.38. The van der Waals surface area contributed by atoms with Gasteiger partial charge in [0, 0.05) is 4.43 Å². The van der Waals surface area contributed by atoms with Gasteiger partial charge in [-0.2, -0.15) is 0 Å². The summed E-state index contributed by atoms with van der Waals surface area (Å²) in [7, 11) is 0. The van der Waals surface area contributed by atoms with Crippen molar-refractivity contribution in [1.82, 2.24) is 0 Å². The summed E-state index contributed by atoms with van der Waals surface area (Å²) >= 11 is 2.72. The third-order valence-corrected chi connectivity index (χ3v) is 17.0. The van der Waals surface area contributed by atoms with E-state index in [1.807, 2.05) is 0 Å². The quantitative estimate of drug-likeness (QED) is 0.201. The minimum absolute atomic E-state index is 0.546. The number of hydrogen-bond donors (Lipinski definition) is 0. The lowest BCUT2D eigenvalue weighted by Crippen LogP contribution is -2.46. The average Bonchev–Trinajstić information content (AvgIpc) is 2.89. The lowest BCUT2D eigenvalue weighted by Gasteiger charge is -2.56. The molecule has 2 spiro atoms. The van der Waals surface area contributed by atoms with E-state index in [1.54, 1.807) is 77.0 Å². The molecular formula is C40H69I. The van der Waals surface area contributed by atoms with Crippen molar-refractivity contribution in [2.24, 2.45) is 68.5 Å². The van der Waals surface area contributed by atoms with Crippen LogP contribution in [0.25, 0.3) is 0 Å². The van der Waals surface area contributed by atoms with Crippen LogP contribution in [0.5, 0.6) is 0 Å². The zero-order valence-electron chi connectivity index (χ0n) is 28.5. The Morgan fingerprint density at radius 3 is 2.07 bits per heavy atom. The topological polar surface area (TPSA) is 0 Å². The van der Waals surface area contributed by atoms with Crippen LogP contribution in [0.4, 0.5) is 0 Å². The van der Waals surface area contributed by atoms with E-state index in [2.05, 4.69) is 64.1 Å². The van der Waals surface area contributed by atoms with Gasteiger partial charge in [-0.15, -0.1) is 0 Å². The molecule has 6 aliphatic rings. The van der Waals surface area contributed by atoms with E-state index in [0.29, 0.717) is 21.7 Å². The van der Waals surface area contributed by atoms with Gasteiger partial charge in [0.2, 0.25) is 0 Å². The van der Waals surface area contributed by atoms with Crippen molar-refractivity contribution < 1.29 is 0 Å². The molecule has 7 unspecified atom stereocenters. The van der Waals surface area contributed by atoms with Gasteiger partial charge in [-0.05, 0) is 178 Å². The van der Waals surface area contributed by atoms with Gasteiger partial charge in [0.1, 0.15) is 0 Å². The molecule has 6 aliphatic carbocycles. The fraction of sp³-hybridized carbons (Fsp3) is 1.00. The maximum atomic E-state index is 2.73. The van der Waals surface area contributed by atoms with Gasteiger partial charge >= 0.3 is 0 Å². The monoisotopic (exact) mass is 676 g/mol. The predicted molar refractivity (Wildman–Crippen MR) is 186 cm³/mol. The third kappa shape index (κ3) is 6.95. The highest BCUT2D eigenvalue weighted by Gasteiger charge is 2.52. The number of rotatable bonds is 5. The van der Waals surface area contributed by atoms with E-state index < -0.39 is 0 Å². The first-order valence-corrected chi connectivity index (χ1v) is 20.4. The van der Waals surface area contributed by atoms with E-state index in [4.69, 9.17) is 0 Å². The van der Waals surface area contributed by atoms with Gasteiger partial charge in [-0.1, -0.05) is 89.8 Å². The number of fused-ring (bicyclic) bond motifs is 2. The minimum Gasteiger partial charge on any atom is -0.0858 e. The lowest BCUT2D eigenvalue weighted by atomic mass is 9.49. The Bertz CT molecular complexity index is 884. The summed E-state index contributed by atoms with van der Waals surface area (Å²) in [5.41, 5.74) is 3.19. The number of alkyl halides is 1. The Hall–Kier alpha value is 0.730. The molecule has 0 aromatic rings. The van der Waals surface area contributed by atoms with Crippen LogP contribution in [0.15, 0.2) is 0 Å². The summed E-state index contributed by atoms with van der Waals surface area (Å²) in [5.74, 6) is 7.19. The molecule has 6 saturated carbocycles. The maximum Gasteiger partial charge on any atom is 0.00495 e. The Balaban J connectivity index is 1.04. The van der Waals surface area contributed by atoms with E-state index >= 15 is 0 Å². The third-order valence-electron chi connectivity index (χ3n) is 15.1. The van der Waals surface area contributed by atoms with E-state index in [-0.39, 0.29) is 0 Å². The molecule has 41 heavy (non-hydrogen) atoms. The molecule has 0 radical (unpaired) electrons. The Morgan fingerprint density at radius 2 is 1.37 bits per heavy atom. The molecule has 0 amide bonds. The van der Waals surface area contributed by atoms with E-state index in [9.17, 15) is 0 Å². The van der Waals surface area contributed by atoms with Gasteiger partial charge in [0.15, 0.2) is 0 Å². The van der Waals surface area contributed by atoms with Crippen molar-refractivity contribution >= 4 is 22.6 Å². The van der Waals surface area contributed by atoms with E-state index in [0.717, 1.165) is 46.8 Å². The molecule has 236 valence electrons. The lowest BCUT2D eigenvalue weighted by molar-refractivity contribution is -0.0527. The van der Waals surface area contributed by atoms with Crippen LogP contribution in [0.1, 0.15) is 176 Å². The first-order chi connectivity index (χ1) is 19.3. The molecule has 0 heterocycles. The summed E-state index contributed by atoms with van der Waals surface area (Å²) in [5, 5.41) is 0. The normalized spacial score (nSPS) is 49.7. The average molecular weight is 677 g/mol. The van der Waals surface area contributed by atoms with Gasteiger partial charge in [0.25, 0.3) is 0 Å². The van der Waals surface area contributed by atoms with Crippen molar-refractivity contribution in [3.63, 3.8) is 0 Å². The molecule has 6 fully saturated rings. The second kappa shape index (κ2) is 11.8. The highest BCUT2D eigenvalue weighted by atomic mass is 127. The first-order valence-electron chi connectivity index (χ1n) is 18.9. The molecule has 0 N–H and O–H groups in total. The molecule has 1 heteroatoms. The van der Waals surface area contributed by atoms with Crippen molar-refractivity contribution in [2.45, 2.75) is 176 Å². The second-order valence-corrected chi connectivity index (χ2v) is 20.8. The van der Waals surface area contributed by atoms with Crippen LogP contribution in [-0.4, -0.2) is 4.43 Å². The molecule has 0 aromatic carbocycles. The van der Waals surface area contributed by atoms with Crippen LogP contribution in [-0.2, 0) is 0 Å². The molecule has 7 atom stereocenters. The summed E-state index contributed by atoms with van der Waals surface area (Å²) in [4.78, 5) is 0. The highest BCUT2D eigenvalue weighted by Crippen LogP contribution is 2.63. The maximum absolute atomic E-state index is 2.73. The van der Waals surface area contributed by atoms with Crippen LogP contribution in [0, 0.1) is 68.5 Å². The summed E-state index contributed by atoms with van der Waals surface area (Å²) in [6, 6.07) is 0. The fourth-order valence-electron chi connectivity index (χ4n) is 14.2. The molecule has 0 nitrogen and oxygen atoms in total. The largest absolute Gasteiger partial charge is 0.0858 e. The van der Waals surface area contributed by atoms with Gasteiger partial charge in [-0.25, -0.2) is 0 Å². The van der Waals surface area contributed by atoms with E-state index in [1.165, 1.54) is 62.2 Å². The van der Waals surface area contributed by atoms with Crippen molar-refractivity contribution in [3.8, 4) is 0 Å². The Labute approximate surface area is 270 Å². The van der Waals surface area contributed by atoms with Gasteiger partial charge in [-0.3, -0.25) is 0 Å². The van der Waals surface area contributed by atoms with Crippen molar-refractivity contribution in [2.75, 3.05) is 4.43 Å². The zero-order chi connectivity index (χ0) is 29.1. The number of halogens is 1.